The number of rotatable bonds is 3. The second-order valence-electron chi connectivity index (χ2n) is 4.98. The molecule has 0 radical (unpaired) electrons. The van der Waals surface area contributed by atoms with Crippen molar-refractivity contribution in [2.45, 2.75) is 31.9 Å². The minimum atomic E-state index is -1.10. The first-order valence-corrected chi connectivity index (χ1v) is 7.48. The van der Waals surface area contributed by atoms with Gasteiger partial charge in [-0.25, -0.2) is 9.59 Å². The summed E-state index contributed by atoms with van der Waals surface area (Å²) >= 11 is 3.37. The van der Waals surface area contributed by atoms with Crippen LogP contribution in [0.1, 0.15) is 18.9 Å². The maximum absolute atomic E-state index is 12.3. The highest BCUT2D eigenvalue weighted by Gasteiger charge is 2.39. The summed E-state index contributed by atoms with van der Waals surface area (Å²) in [6.45, 7) is 2.00. The van der Waals surface area contributed by atoms with Crippen LogP contribution in [0.4, 0.5) is 10.5 Å². The molecule has 1 aromatic carbocycles. The van der Waals surface area contributed by atoms with Crippen molar-refractivity contribution in [1.82, 2.24) is 4.90 Å². The van der Waals surface area contributed by atoms with Gasteiger partial charge in [-0.1, -0.05) is 22.9 Å². The summed E-state index contributed by atoms with van der Waals surface area (Å²) in [5, 5.41) is 21.4. The molecule has 1 aromatic rings. The SMILES string of the molecule is CCc1cc(Br)ccc1NC(=O)N1C[C@H](O)C[C@@H]1C(=O)O. The second kappa shape index (κ2) is 6.44. The summed E-state index contributed by atoms with van der Waals surface area (Å²) in [5.41, 5.74) is 1.60. The number of carboxylic acids is 1. The molecule has 0 unspecified atom stereocenters. The van der Waals surface area contributed by atoms with E-state index in [1.54, 1.807) is 6.07 Å². The number of aliphatic hydroxyl groups is 1. The third-order valence-corrected chi connectivity index (χ3v) is 4.01. The molecular weight excluding hydrogens is 340 g/mol. The number of aryl methyl sites for hydroxylation is 1. The van der Waals surface area contributed by atoms with E-state index in [1.807, 2.05) is 19.1 Å². The molecule has 21 heavy (non-hydrogen) atoms. The Morgan fingerprint density at radius 3 is 2.81 bits per heavy atom. The van der Waals surface area contributed by atoms with Crippen molar-refractivity contribution in [3.63, 3.8) is 0 Å². The smallest absolute Gasteiger partial charge is 0.326 e. The number of aliphatic hydroxyl groups excluding tert-OH is 1. The van der Waals surface area contributed by atoms with Crippen LogP contribution >= 0.6 is 15.9 Å². The van der Waals surface area contributed by atoms with Gasteiger partial charge in [-0.05, 0) is 30.2 Å². The Morgan fingerprint density at radius 2 is 2.19 bits per heavy atom. The van der Waals surface area contributed by atoms with E-state index >= 15 is 0 Å². The molecule has 1 saturated heterocycles. The van der Waals surface area contributed by atoms with Gasteiger partial charge in [0.25, 0.3) is 0 Å². The molecular formula is C14H17BrN2O4. The lowest BCUT2D eigenvalue weighted by atomic mass is 10.1. The zero-order chi connectivity index (χ0) is 15.6. The van der Waals surface area contributed by atoms with Gasteiger partial charge in [-0.2, -0.15) is 0 Å². The molecule has 1 fully saturated rings. The summed E-state index contributed by atoms with van der Waals surface area (Å²) in [5.74, 6) is -1.10. The lowest BCUT2D eigenvalue weighted by Crippen LogP contribution is -2.43. The number of amides is 2. The first-order chi connectivity index (χ1) is 9.92. The van der Waals surface area contributed by atoms with Crippen LogP contribution in [0, 0.1) is 0 Å². The fraction of sp³-hybridized carbons (Fsp3) is 0.429. The predicted molar refractivity (Wildman–Crippen MR) is 81.3 cm³/mol. The van der Waals surface area contributed by atoms with Gasteiger partial charge in [0.05, 0.1) is 6.10 Å². The third-order valence-electron chi connectivity index (χ3n) is 3.51. The number of likely N-dealkylation sites (tertiary alicyclic amines) is 1. The quantitative estimate of drug-likeness (QED) is 0.773. The molecule has 0 spiro atoms. The van der Waals surface area contributed by atoms with Crippen LogP contribution in [0.25, 0.3) is 0 Å². The zero-order valence-electron chi connectivity index (χ0n) is 11.5. The lowest BCUT2D eigenvalue weighted by Gasteiger charge is -2.22. The minimum Gasteiger partial charge on any atom is -0.480 e. The van der Waals surface area contributed by atoms with E-state index in [1.165, 1.54) is 0 Å². The molecule has 3 N–H and O–H groups in total. The van der Waals surface area contributed by atoms with E-state index < -0.39 is 24.1 Å². The molecule has 2 atom stereocenters. The average molecular weight is 357 g/mol. The summed E-state index contributed by atoms with van der Waals surface area (Å²) in [6, 6.07) is 3.99. The largest absolute Gasteiger partial charge is 0.480 e. The van der Waals surface area contributed by atoms with Gasteiger partial charge in [0.15, 0.2) is 0 Å². The summed E-state index contributed by atoms with van der Waals surface area (Å²) in [7, 11) is 0. The summed E-state index contributed by atoms with van der Waals surface area (Å²) in [4.78, 5) is 24.6. The van der Waals surface area contributed by atoms with Crippen LogP contribution in [-0.2, 0) is 11.2 Å². The van der Waals surface area contributed by atoms with Crippen LogP contribution in [0.15, 0.2) is 22.7 Å². The van der Waals surface area contributed by atoms with E-state index in [-0.39, 0.29) is 13.0 Å². The van der Waals surface area contributed by atoms with E-state index in [4.69, 9.17) is 5.11 Å². The number of β-amino-alcohol motifs (C(OH)–C–C–N with tert-alkyl or cyclic N) is 1. The van der Waals surface area contributed by atoms with Crippen molar-refractivity contribution in [3.8, 4) is 0 Å². The molecule has 114 valence electrons. The highest BCUT2D eigenvalue weighted by atomic mass is 79.9. The first-order valence-electron chi connectivity index (χ1n) is 6.69. The highest BCUT2D eigenvalue weighted by Crippen LogP contribution is 2.24. The number of nitrogens with zero attached hydrogens (tertiary/aromatic N) is 1. The number of carbonyl (C=O) groups excluding carboxylic acids is 1. The maximum atomic E-state index is 12.3. The number of anilines is 1. The molecule has 6 nitrogen and oxygen atoms in total. The fourth-order valence-corrected chi connectivity index (χ4v) is 2.84. The maximum Gasteiger partial charge on any atom is 0.326 e. The van der Waals surface area contributed by atoms with Gasteiger partial charge in [-0.3, -0.25) is 0 Å². The zero-order valence-corrected chi connectivity index (χ0v) is 13.1. The van der Waals surface area contributed by atoms with Crippen LogP contribution in [0.3, 0.4) is 0 Å². The lowest BCUT2D eigenvalue weighted by molar-refractivity contribution is -0.141. The molecule has 0 aromatic heterocycles. The van der Waals surface area contributed by atoms with Crippen molar-refractivity contribution < 1.29 is 19.8 Å². The standard InChI is InChI=1S/C14H17BrN2O4/c1-2-8-5-9(15)3-4-11(8)16-14(21)17-7-10(18)6-12(17)13(19)20/h3-5,10,12,18H,2,6-7H2,1H3,(H,16,21)(H,19,20)/t10-,12-/m1/s1. The van der Waals surface area contributed by atoms with Crippen LogP contribution in [-0.4, -0.2) is 45.8 Å². The van der Waals surface area contributed by atoms with E-state index in [9.17, 15) is 14.7 Å². The van der Waals surface area contributed by atoms with Crippen molar-refractivity contribution in [1.29, 1.82) is 0 Å². The second-order valence-corrected chi connectivity index (χ2v) is 5.90. The molecule has 1 aliphatic rings. The number of urea groups is 1. The topological polar surface area (TPSA) is 89.9 Å². The van der Waals surface area contributed by atoms with Crippen LogP contribution in [0.5, 0.6) is 0 Å². The number of halogens is 1. The Morgan fingerprint density at radius 1 is 1.48 bits per heavy atom. The van der Waals surface area contributed by atoms with Crippen LogP contribution < -0.4 is 5.32 Å². The van der Waals surface area contributed by atoms with Crippen LogP contribution in [0.2, 0.25) is 0 Å². The van der Waals surface area contributed by atoms with Crippen molar-refractivity contribution in [3.05, 3.63) is 28.2 Å². The molecule has 0 aliphatic carbocycles. The normalized spacial score (nSPS) is 21.4. The number of nitrogens with one attached hydrogen (secondary N) is 1. The van der Waals surface area contributed by atoms with E-state index in [0.717, 1.165) is 21.4 Å². The predicted octanol–water partition coefficient (Wildman–Crippen LogP) is 2.06. The molecule has 0 bridgehead atoms. The van der Waals surface area contributed by atoms with Gasteiger partial charge in [-0.15, -0.1) is 0 Å². The number of benzene rings is 1. The van der Waals surface area contributed by atoms with Gasteiger partial charge in [0.1, 0.15) is 6.04 Å². The monoisotopic (exact) mass is 356 g/mol. The molecule has 0 saturated carbocycles. The Bertz CT molecular complexity index is 564. The number of hydrogen-bond acceptors (Lipinski definition) is 3. The van der Waals surface area contributed by atoms with Gasteiger partial charge >= 0.3 is 12.0 Å². The molecule has 2 rings (SSSR count). The third kappa shape index (κ3) is 3.54. The van der Waals surface area contributed by atoms with Gasteiger partial charge < -0.3 is 20.4 Å². The van der Waals surface area contributed by atoms with Gasteiger partial charge in [0.2, 0.25) is 0 Å². The Kier molecular flexibility index (Phi) is 4.84. The molecule has 1 aliphatic heterocycles. The number of hydrogen-bond donors (Lipinski definition) is 3. The van der Waals surface area contributed by atoms with Crippen molar-refractivity contribution in [2.75, 3.05) is 11.9 Å². The molecule has 2 amide bonds. The average Bonchev–Trinajstić information content (AvgIpc) is 2.83. The van der Waals surface area contributed by atoms with Gasteiger partial charge in [0, 0.05) is 23.1 Å². The first kappa shape index (κ1) is 15.8. The minimum absolute atomic E-state index is 0.0286. The van der Waals surface area contributed by atoms with Crippen molar-refractivity contribution >= 4 is 33.6 Å². The molecule has 7 heteroatoms. The molecule has 1 heterocycles. The van der Waals surface area contributed by atoms with E-state index in [2.05, 4.69) is 21.2 Å². The summed E-state index contributed by atoms with van der Waals surface area (Å²) in [6.07, 6.45) is -0.00329. The Labute approximate surface area is 130 Å². The number of carboxylic acid groups (broad SMARTS) is 1. The Balaban J connectivity index is 2.16. The number of carbonyl (C=O) groups is 2. The number of aliphatic carboxylic acids is 1. The Hall–Kier alpha value is -1.60. The van der Waals surface area contributed by atoms with E-state index in [0.29, 0.717) is 5.69 Å². The fourth-order valence-electron chi connectivity index (χ4n) is 2.44. The van der Waals surface area contributed by atoms with Crippen molar-refractivity contribution in [2.24, 2.45) is 0 Å². The highest BCUT2D eigenvalue weighted by molar-refractivity contribution is 9.10. The summed E-state index contributed by atoms with van der Waals surface area (Å²) < 4.78 is 0.914.